The molecule has 0 fully saturated rings. The number of rotatable bonds is 3. The Balaban J connectivity index is 2.04. The van der Waals surface area contributed by atoms with Crippen molar-refractivity contribution in [3.8, 4) is 0 Å². The van der Waals surface area contributed by atoms with E-state index in [-0.39, 0.29) is 21.7 Å². The van der Waals surface area contributed by atoms with Gasteiger partial charge in [0.15, 0.2) is 9.84 Å². The Labute approximate surface area is 152 Å². The van der Waals surface area contributed by atoms with Crippen LogP contribution in [0.3, 0.4) is 0 Å². The van der Waals surface area contributed by atoms with Crippen molar-refractivity contribution in [2.75, 3.05) is 6.26 Å². The minimum Gasteiger partial charge on any atom is -0.256 e. The summed E-state index contributed by atoms with van der Waals surface area (Å²) in [7, 11) is -3.43. The molecule has 3 nitrogen and oxygen atoms in total. The number of alkyl halides is 5. The molecule has 144 valence electrons. The van der Waals surface area contributed by atoms with Gasteiger partial charge in [-0.25, -0.2) is 17.2 Å². The molecule has 1 aromatic heterocycles. The van der Waals surface area contributed by atoms with Crippen LogP contribution in [0.1, 0.15) is 29.7 Å². The smallest absolute Gasteiger partial charge is 0.256 e. The third-order valence-corrected chi connectivity index (χ3v) is 5.39. The molecule has 1 aromatic carbocycles. The topological polar surface area (TPSA) is 47.0 Å². The summed E-state index contributed by atoms with van der Waals surface area (Å²) < 4.78 is 89.1. The molecule has 0 saturated carbocycles. The SMILES string of the molecule is CS(=O)(=O)c1ccc(C2=C(c3ccc(C(F)(F)F)cn3)CC(F)(F)C2)cc1. The Morgan fingerprint density at radius 2 is 1.56 bits per heavy atom. The fraction of sp³-hybridized carbons (Fsp3) is 0.278. The van der Waals surface area contributed by atoms with Crippen LogP contribution in [0.2, 0.25) is 0 Å². The van der Waals surface area contributed by atoms with E-state index < -0.39 is 40.3 Å². The van der Waals surface area contributed by atoms with E-state index in [1.165, 1.54) is 24.3 Å². The number of halogens is 5. The zero-order chi connectivity index (χ0) is 20.0. The van der Waals surface area contributed by atoms with Gasteiger partial charge < -0.3 is 0 Å². The van der Waals surface area contributed by atoms with E-state index in [4.69, 9.17) is 0 Å². The second kappa shape index (κ2) is 6.40. The fourth-order valence-corrected chi connectivity index (χ4v) is 3.59. The van der Waals surface area contributed by atoms with Crippen LogP contribution in [0.4, 0.5) is 22.0 Å². The highest BCUT2D eigenvalue weighted by Crippen LogP contribution is 2.47. The first-order valence-corrected chi connectivity index (χ1v) is 9.70. The lowest BCUT2D eigenvalue weighted by Gasteiger charge is -2.10. The molecule has 27 heavy (non-hydrogen) atoms. The maximum atomic E-state index is 14.0. The first-order valence-electron chi connectivity index (χ1n) is 7.81. The molecule has 9 heteroatoms. The van der Waals surface area contributed by atoms with Crippen molar-refractivity contribution in [1.29, 1.82) is 0 Å². The van der Waals surface area contributed by atoms with Crippen molar-refractivity contribution >= 4 is 21.0 Å². The van der Waals surface area contributed by atoms with E-state index in [0.29, 0.717) is 11.8 Å². The number of hydrogen-bond acceptors (Lipinski definition) is 3. The summed E-state index contributed by atoms with van der Waals surface area (Å²) in [6, 6.07) is 7.33. The quantitative estimate of drug-likeness (QED) is 0.689. The summed E-state index contributed by atoms with van der Waals surface area (Å²) >= 11 is 0. The minimum absolute atomic E-state index is 0.0439. The molecule has 0 amide bonds. The lowest BCUT2D eigenvalue weighted by Crippen LogP contribution is -2.10. The van der Waals surface area contributed by atoms with Gasteiger partial charge >= 0.3 is 6.18 Å². The summed E-state index contributed by atoms with van der Waals surface area (Å²) in [5.41, 5.74) is -0.137. The normalized spacial score (nSPS) is 17.4. The fourth-order valence-electron chi connectivity index (χ4n) is 2.96. The summed E-state index contributed by atoms with van der Waals surface area (Å²) in [4.78, 5) is 3.77. The lowest BCUT2D eigenvalue weighted by atomic mass is 10.00. The minimum atomic E-state index is -4.57. The standard InChI is InChI=1S/C18H14F5NO2S/c1-27(25,26)13-5-2-11(3-6-13)14-8-17(19,20)9-15(14)16-7-4-12(10-24-16)18(21,22)23/h2-7,10H,8-9H2,1H3. The summed E-state index contributed by atoms with van der Waals surface area (Å²) in [6.45, 7) is 0. The third kappa shape index (κ3) is 4.18. The zero-order valence-corrected chi connectivity index (χ0v) is 14.8. The maximum absolute atomic E-state index is 14.0. The molecule has 0 bridgehead atoms. The Bertz CT molecular complexity index is 992. The predicted octanol–water partition coefficient (Wildman–Crippen LogP) is 4.84. The van der Waals surface area contributed by atoms with Gasteiger partial charge in [0.2, 0.25) is 0 Å². The molecule has 0 saturated heterocycles. The average molecular weight is 403 g/mol. The Morgan fingerprint density at radius 3 is 2.04 bits per heavy atom. The molecule has 2 aromatic rings. The number of hydrogen-bond donors (Lipinski definition) is 0. The van der Waals surface area contributed by atoms with Gasteiger partial charge in [0.05, 0.1) is 16.2 Å². The van der Waals surface area contributed by atoms with Gasteiger partial charge in [-0.2, -0.15) is 13.2 Å². The number of sulfone groups is 1. The van der Waals surface area contributed by atoms with Crippen LogP contribution in [-0.4, -0.2) is 25.6 Å². The monoisotopic (exact) mass is 403 g/mol. The zero-order valence-electron chi connectivity index (χ0n) is 14.0. The van der Waals surface area contributed by atoms with E-state index in [9.17, 15) is 30.4 Å². The lowest BCUT2D eigenvalue weighted by molar-refractivity contribution is -0.137. The Kier molecular flexibility index (Phi) is 4.62. The van der Waals surface area contributed by atoms with Crippen LogP contribution in [0.15, 0.2) is 47.5 Å². The maximum Gasteiger partial charge on any atom is 0.417 e. The molecule has 0 atom stereocenters. The second-order valence-electron chi connectivity index (χ2n) is 6.39. The van der Waals surface area contributed by atoms with Crippen molar-refractivity contribution in [2.24, 2.45) is 0 Å². The highest BCUT2D eigenvalue weighted by Gasteiger charge is 2.40. The summed E-state index contributed by atoms with van der Waals surface area (Å²) in [6.07, 6.45) is -4.16. The number of aromatic nitrogens is 1. The number of benzene rings is 1. The Hall–Kier alpha value is -2.29. The molecular weight excluding hydrogens is 389 g/mol. The number of allylic oxidation sites excluding steroid dienone is 2. The molecular formula is C18H14F5NO2S. The van der Waals surface area contributed by atoms with E-state index >= 15 is 0 Å². The van der Waals surface area contributed by atoms with Crippen molar-refractivity contribution in [3.63, 3.8) is 0 Å². The molecule has 0 spiro atoms. The van der Waals surface area contributed by atoms with Gasteiger partial charge in [-0.1, -0.05) is 12.1 Å². The van der Waals surface area contributed by atoms with Gasteiger partial charge in [0, 0.05) is 25.3 Å². The highest BCUT2D eigenvalue weighted by molar-refractivity contribution is 7.90. The van der Waals surface area contributed by atoms with Crippen LogP contribution >= 0.6 is 0 Å². The molecule has 0 aliphatic heterocycles. The van der Waals surface area contributed by atoms with Crippen molar-refractivity contribution in [3.05, 3.63) is 59.4 Å². The molecule has 0 radical (unpaired) electrons. The van der Waals surface area contributed by atoms with Gasteiger partial charge in [0.1, 0.15) is 0 Å². The van der Waals surface area contributed by atoms with Gasteiger partial charge in [-0.15, -0.1) is 0 Å². The second-order valence-corrected chi connectivity index (χ2v) is 8.41. The van der Waals surface area contributed by atoms with E-state index in [0.717, 1.165) is 18.4 Å². The number of nitrogens with zero attached hydrogens (tertiary/aromatic N) is 1. The molecule has 1 heterocycles. The predicted molar refractivity (Wildman–Crippen MR) is 89.8 cm³/mol. The average Bonchev–Trinajstić information content (AvgIpc) is 2.89. The van der Waals surface area contributed by atoms with Crippen LogP contribution < -0.4 is 0 Å². The van der Waals surface area contributed by atoms with Crippen LogP contribution in [0, 0.1) is 0 Å². The molecule has 1 aliphatic rings. The van der Waals surface area contributed by atoms with Gasteiger partial charge in [-0.3, -0.25) is 4.98 Å². The van der Waals surface area contributed by atoms with Gasteiger partial charge in [0.25, 0.3) is 5.92 Å². The van der Waals surface area contributed by atoms with Crippen LogP contribution in [-0.2, 0) is 16.0 Å². The van der Waals surface area contributed by atoms with Crippen molar-refractivity contribution in [1.82, 2.24) is 4.98 Å². The largest absolute Gasteiger partial charge is 0.417 e. The number of pyridine rings is 1. The summed E-state index contributed by atoms with van der Waals surface area (Å²) in [5, 5.41) is 0. The molecule has 3 rings (SSSR count). The van der Waals surface area contributed by atoms with E-state index in [1.807, 2.05) is 0 Å². The summed E-state index contributed by atoms with van der Waals surface area (Å²) in [5.74, 6) is -3.05. The van der Waals surface area contributed by atoms with Crippen molar-refractivity contribution in [2.45, 2.75) is 29.8 Å². The van der Waals surface area contributed by atoms with E-state index in [1.54, 1.807) is 0 Å². The van der Waals surface area contributed by atoms with E-state index in [2.05, 4.69) is 4.98 Å². The highest BCUT2D eigenvalue weighted by atomic mass is 32.2. The molecule has 0 unspecified atom stereocenters. The van der Waals surface area contributed by atoms with Crippen molar-refractivity contribution < 1.29 is 30.4 Å². The van der Waals surface area contributed by atoms with Crippen LogP contribution in [0.25, 0.3) is 11.1 Å². The van der Waals surface area contributed by atoms with Crippen LogP contribution in [0.5, 0.6) is 0 Å². The molecule has 1 aliphatic carbocycles. The third-order valence-electron chi connectivity index (χ3n) is 4.27. The molecule has 0 N–H and O–H groups in total. The first kappa shape index (κ1) is 19.5. The van der Waals surface area contributed by atoms with Gasteiger partial charge in [-0.05, 0) is 41.0 Å². The first-order chi connectivity index (χ1) is 12.4. The Morgan fingerprint density at radius 1 is 0.963 bits per heavy atom.